The number of anilines is 1. The Hall–Kier alpha value is -2.43. The van der Waals surface area contributed by atoms with Crippen LogP contribution in [0.25, 0.3) is 0 Å². The lowest BCUT2D eigenvalue weighted by Gasteiger charge is -2.15. The summed E-state index contributed by atoms with van der Waals surface area (Å²) in [5.74, 6) is -0.939. The van der Waals surface area contributed by atoms with Gasteiger partial charge < -0.3 is 10.6 Å². The summed E-state index contributed by atoms with van der Waals surface area (Å²) >= 11 is 0. The molecule has 1 aromatic carbocycles. The lowest BCUT2D eigenvalue weighted by molar-refractivity contribution is 0.0936. The first-order chi connectivity index (χ1) is 10.9. The quantitative estimate of drug-likeness (QED) is 0.890. The Kier molecular flexibility index (Phi) is 5.32. The molecule has 0 bridgehead atoms. The van der Waals surface area contributed by atoms with E-state index < -0.39 is 11.7 Å². The van der Waals surface area contributed by atoms with Crippen molar-refractivity contribution in [3.8, 4) is 0 Å². The summed E-state index contributed by atoms with van der Waals surface area (Å²) in [6.45, 7) is 5.69. The van der Waals surface area contributed by atoms with Gasteiger partial charge in [-0.2, -0.15) is 0 Å². The topological polar surface area (TPSA) is 54.0 Å². The third kappa shape index (κ3) is 4.28. The van der Waals surface area contributed by atoms with Gasteiger partial charge in [0.2, 0.25) is 0 Å². The predicted molar refractivity (Wildman–Crippen MR) is 90.3 cm³/mol. The highest BCUT2D eigenvalue weighted by molar-refractivity contribution is 5.95. The fourth-order valence-corrected chi connectivity index (χ4v) is 2.41. The summed E-state index contributed by atoms with van der Waals surface area (Å²) in [5.41, 5.74) is 3.55. The molecule has 1 aromatic heterocycles. The maximum Gasteiger partial charge on any atom is 0.254 e. The van der Waals surface area contributed by atoms with E-state index in [1.807, 2.05) is 32.9 Å². The number of nitrogens with zero attached hydrogens (tertiary/aromatic N) is 1. The summed E-state index contributed by atoms with van der Waals surface area (Å²) in [6, 6.07) is 6.69. The van der Waals surface area contributed by atoms with Gasteiger partial charge in [-0.25, -0.2) is 4.39 Å². The van der Waals surface area contributed by atoms with Crippen molar-refractivity contribution in [2.45, 2.75) is 33.2 Å². The van der Waals surface area contributed by atoms with E-state index in [1.165, 1.54) is 6.07 Å². The highest BCUT2D eigenvalue weighted by Crippen LogP contribution is 2.19. The van der Waals surface area contributed by atoms with Crippen molar-refractivity contribution < 1.29 is 9.18 Å². The molecule has 4 nitrogen and oxygen atoms in total. The third-order valence-electron chi connectivity index (χ3n) is 3.69. The molecule has 0 spiro atoms. The SMILES string of the molecule is CNc1cc(F)c(C(=O)NC(C)Cc2ccc(C)cn2)cc1C. The van der Waals surface area contributed by atoms with E-state index in [4.69, 9.17) is 0 Å². The minimum absolute atomic E-state index is 0.0604. The second-order valence-electron chi connectivity index (χ2n) is 5.80. The number of rotatable bonds is 5. The molecule has 1 heterocycles. The van der Waals surface area contributed by atoms with Gasteiger partial charge in [0.1, 0.15) is 5.82 Å². The molecule has 5 heteroatoms. The molecule has 2 aromatic rings. The van der Waals surface area contributed by atoms with Crippen LogP contribution in [0.1, 0.15) is 34.1 Å². The molecule has 0 aliphatic rings. The maximum absolute atomic E-state index is 14.1. The molecule has 0 aliphatic carbocycles. The number of hydrogen-bond acceptors (Lipinski definition) is 3. The highest BCUT2D eigenvalue weighted by atomic mass is 19.1. The number of amides is 1. The zero-order valence-electron chi connectivity index (χ0n) is 13.9. The van der Waals surface area contributed by atoms with E-state index in [2.05, 4.69) is 15.6 Å². The number of hydrogen-bond donors (Lipinski definition) is 2. The van der Waals surface area contributed by atoms with E-state index in [9.17, 15) is 9.18 Å². The largest absolute Gasteiger partial charge is 0.388 e. The van der Waals surface area contributed by atoms with Crippen LogP contribution < -0.4 is 10.6 Å². The second kappa shape index (κ2) is 7.22. The Bertz CT molecular complexity index is 698. The van der Waals surface area contributed by atoms with Gasteiger partial charge in [-0.3, -0.25) is 9.78 Å². The van der Waals surface area contributed by atoms with Crippen LogP contribution in [0.2, 0.25) is 0 Å². The van der Waals surface area contributed by atoms with E-state index in [0.717, 1.165) is 16.8 Å². The van der Waals surface area contributed by atoms with Gasteiger partial charge in [0.25, 0.3) is 5.91 Å². The van der Waals surface area contributed by atoms with Crippen LogP contribution in [0, 0.1) is 19.7 Å². The molecule has 2 N–H and O–H groups in total. The Labute approximate surface area is 136 Å². The van der Waals surface area contributed by atoms with Crippen molar-refractivity contribution >= 4 is 11.6 Å². The molecule has 1 amide bonds. The second-order valence-corrected chi connectivity index (χ2v) is 5.80. The van der Waals surface area contributed by atoms with Crippen LogP contribution in [0.15, 0.2) is 30.5 Å². The van der Waals surface area contributed by atoms with Gasteiger partial charge in [-0.1, -0.05) is 6.07 Å². The first-order valence-electron chi connectivity index (χ1n) is 7.61. The number of carbonyl (C=O) groups excluding carboxylic acids is 1. The fraction of sp³-hybridized carbons (Fsp3) is 0.333. The molecule has 0 saturated carbocycles. The summed E-state index contributed by atoms with van der Waals surface area (Å²) in [7, 11) is 1.72. The van der Waals surface area contributed by atoms with Gasteiger partial charge >= 0.3 is 0 Å². The van der Waals surface area contributed by atoms with Gasteiger partial charge in [0.05, 0.1) is 5.56 Å². The van der Waals surface area contributed by atoms with Crippen LogP contribution in [0.4, 0.5) is 10.1 Å². The molecule has 0 fully saturated rings. The number of nitrogens with one attached hydrogen (secondary N) is 2. The average molecular weight is 315 g/mol. The van der Waals surface area contributed by atoms with Gasteiger partial charge in [-0.05, 0) is 50.1 Å². The summed E-state index contributed by atoms with van der Waals surface area (Å²) < 4.78 is 14.1. The number of aromatic nitrogens is 1. The van der Waals surface area contributed by atoms with Crippen molar-refractivity contribution in [2.24, 2.45) is 0 Å². The molecule has 1 atom stereocenters. The molecule has 2 rings (SSSR count). The van der Waals surface area contributed by atoms with Crippen LogP contribution >= 0.6 is 0 Å². The lowest BCUT2D eigenvalue weighted by Crippen LogP contribution is -2.34. The standard InChI is InChI=1S/C18H22FN3O/c1-11-5-6-14(21-10-11)8-13(3)22-18(23)15-7-12(2)17(20-4)9-16(15)19/h5-7,9-10,13,20H,8H2,1-4H3,(H,22,23). The fourth-order valence-electron chi connectivity index (χ4n) is 2.41. The zero-order valence-corrected chi connectivity index (χ0v) is 13.9. The molecular weight excluding hydrogens is 293 g/mol. The number of aryl methyl sites for hydroxylation is 2. The first kappa shape index (κ1) is 16.9. The van der Waals surface area contributed by atoms with E-state index >= 15 is 0 Å². The van der Waals surface area contributed by atoms with Gasteiger partial charge in [0, 0.05) is 37.1 Å². The molecule has 23 heavy (non-hydrogen) atoms. The summed E-state index contributed by atoms with van der Waals surface area (Å²) in [5, 5.41) is 5.73. The molecule has 0 saturated heterocycles. The van der Waals surface area contributed by atoms with Crippen molar-refractivity contribution in [1.29, 1.82) is 0 Å². The first-order valence-corrected chi connectivity index (χ1v) is 7.61. The Morgan fingerprint density at radius 3 is 2.65 bits per heavy atom. The molecule has 0 radical (unpaired) electrons. The van der Waals surface area contributed by atoms with Crippen LogP contribution in [0.5, 0.6) is 0 Å². The molecule has 122 valence electrons. The summed E-state index contributed by atoms with van der Waals surface area (Å²) in [6.07, 6.45) is 2.39. The van der Waals surface area contributed by atoms with Crippen LogP contribution in [0.3, 0.4) is 0 Å². The number of pyridine rings is 1. The Morgan fingerprint density at radius 1 is 1.30 bits per heavy atom. The highest BCUT2D eigenvalue weighted by Gasteiger charge is 2.16. The van der Waals surface area contributed by atoms with E-state index in [0.29, 0.717) is 12.1 Å². The van der Waals surface area contributed by atoms with Crippen molar-refractivity contribution in [3.05, 3.63) is 58.7 Å². The Morgan fingerprint density at radius 2 is 2.04 bits per heavy atom. The summed E-state index contributed by atoms with van der Waals surface area (Å²) in [4.78, 5) is 16.6. The molecule has 1 unspecified atom stereocenters. The normalized spacial score (nSPS) is 11.9. The number of benzene rings is 1. The third-order valence-corrected chi connectivity index (χ3v) is 3.69. The maximum atomic E-state index is 14.1. The van der Waals surface area contributed by atoms with Gasteiger partial charge in [0.15, 0.2) is 0 Å². The molecular formula is C18H22FN3O. The number of halogens is 1. The zero-order chi connectivity index (χ0) is 17.0. The van der Waals surface area contributed by atoms with E-state index in [1.54, 1.807) is 19.3 Å². The molecule has 0 aliphatic heterocycles. The van der Waals surface area contributed by atoms with Crippen molar-refractivity contribution in [1.82, 2.24) is 10.3 Å². The monoisotopic (exact) mass is 315 g/mol. The number of carbonyl (C=O) groups is 1. The van der Waals surface area contributed by atoms with Crippen LogP contribution in [-0.4, -0.2) is 24.0 Å². The van der Waals surface area contributed by atoms with Crippen molar-refractivity contribution in [2.75, 3.05) is 12.4 Å². The van der Waals surface area contributed by atoms with Gasteiger partial charge in [-0.15, -0.1) is 0 Å². The van der Waals surface area contributed by atoms with Crippen molar-refractivity contribution in [3.63, 3.8) is 0 Å². The van der Waals surface area contributed by atoms with E-state index in [-0.39, 0.29) is 11.6 Å². The van der Waals surface area contributed by atoms with Crippen LogP contribution in [-0.2, 0) is 6.42 Å². The smallest absolute Gasteiger partial charge is 0.254 e. The average Bonchev–Trinajstić information content (AvgIpc) is 2.51. The Balaban J connectivity index is 2.06. The minimum Gasteiger partial charge on any atom is -0.388 e. The predicted octanol–water partition coefficient (Wildman–Crippen LogP) is 3.24. The lowest BCUT2D eigenvalue weighted by atomic mass is 10.1. The minimum atomic E-state index is -0.530.